The molecule has 1 rings (SSSR count). The molecule has 0 aromatic heterocycles. The van der Waals surface area contributed by atoms with Gasteiger partial charge in [-0.05, 0) is 24.7 Å². The molecule has 1 aliphatic heterocycles. The Morgan fingerprint density at radius 2 is 2.19 bits per heavy atom. The number of rotatable bonds is 5. The number of hydrogen-bond acceptors (Lipinski definition) is 3. The van der Waals surface area contributed by atoms with Crippen molar-refractivity contribution in [1.29, 1.82) is 0 Å². The third kappa shape index (κ3) is 4.94. The SMILES string of the molecule is CC(C)CN1CC(N)CC(CCC(=O)O)C1. The average molecular weight is 228 g/mol. The van der Waals surface area contributed by atoms with Crippen LogP contribution >= 0.6 is 0 Å². The van der Waals surface area contributed by atoms with Crippen molar-refractivity contribution in [2.75, 3.05) is 19.6 Å². The van der Waals surface area contributed by atoms with E-state index in [-0.39, 0.29) is 12.5 Å². The lowest BCUT2D eigenvalue weighted by Gasteiger charge is -2.37. The molecule has 4 heteroatoms. The molecule has 0 bridgehead atoms. The zero-order valence-corrected chi connectivity index (χ0v) is 10.4. The van der Waals surface area contributed by atoms with Crippen molar-refractivity contribution in [2.45, 2.75) is 39.2 Å². The van der Waals surface area contributed by atoms with Gasteiger partial charge in [-0.1, -0.05) is 13.8 Å². The Labute approximate surface area is 97.8 Å². The van der Waals surface area contributed by atoms with E-state index in [0.717, 1.165) is 32.5 Å². The molecule has 0 aliphatic carbocycles. The number of piperidine rings is 1. The molecule has 2 unspecified atom stereocenters. The Morgan fingerprint density at radius 1 is 1.50 bits per heavy atom. The molecule has 2 atom stereocenters. The van der Waals surface area contributed by atoms with Crippen LogP contribution in [0.1, 0.15) is 33.1 Å². The van der Waals surface area contributed by atoms with Crippen LogP contribution in [0, 0.1) is 11.8 Å². The number of likely N-dealkylation sites (tertiary alicyclic amines) is 1. The molecular weight excluding hydrogens is 204 g/mol. The number of nitrogens with zero attached hydrogens (tertiary/aromatic N) is 1. The fourth-order valence-corrected chi connectivity index (χ4v) is 2.55. The second kappa shape index (κ2) is 6.21. The first-order chi connectivity index (χ1) is 7.47. The highest BCUT2D eigenvalue weighted by Gasteiger charge is 2.25. The van der Waals surface area contributed by atoms with Crippen molar-refractivity contribution in [2.24, 2.45) is 17.6 Å². The minimum atomic E-state index is -0.699. The van der Waals surface area contributed by atoms with Gasteiger partial charge < -0.3 is 15.7 Å². The lowest BCUT2D eigenvalue weighted by atomic mass is 9.90. The van der Waals surface area contributed by atoms with Crippen LogP contribution in [0.3, 0.4) is 0 Å². The van der Waals surface area contributed by atoms with Crippen LogP contribution in [-0.4, -0.2) is 41.7 Å². The largest absolute Gasteiger partial charge is 0.481 e. The molecule has 1 aliphatic rings. The number of nitrogens with two attached hydrogens (primary N) is 1. The summed E-state index contributed by atoms with van der Waals surface area (Å²) in [6, 6.07) is 0.214. The van der Waals surface area contributed by atoms with Gasteiger partial charge in [-0.2, -0.15) is 0 Å². The second-order valence-electron chi connectivity index (χ2n) is 5.41. The molecule has 4 nitrogen and oxygen atoms in total. The van der Waals surface area contributed by atoms with Gasteiger partial charge in [-0.15, -0.1) is 0 Å². The number of carboxylic acid groups (broad SMARTS) is 1. The molecule has 0 radical (unpaired) electrons. The third-order valence-corrected chi connectivity index (χ3v) is 3.03. The maximum atomic E-state index is 10.5. The Morgan fingerprint density at radius 3 is 2.75 bits per heavy atom. The molecule has 3 N–H and O–H groups in total. The van der Waals surface area contributed by atoms with Crippen molar-refractivity contribution in [3.05, 3.63) is 0 Å². The minimum absolute atomic E-state index is 0.214. The highest BCUT2D eigenvalue weighted by molar-refractivity contribution is 5.66. The van der Waals surface area contributed by atoms with Gasteiger partial charge in [-0.25, -0.2) is 0 Å². The normalized spacial score (nSPS) is 27.2. The van der Waals surface area contributed by atoms with E-state index in [0.29, 0.717) is 11.8 Å². The van der Waals surface area contributed by atoms with Crippen molar-refractivity contribution in [1.82, 2.24) is 4.90 Å². The van der Waals surface area contributed by atoms with E-state index < -0.39 is 5.97 Å². The molecule has 1 saturated heterocycles. The lowest BCUT2D eigenvalue weighted by Crippen LogP contribution is -2.48. The minimum Gasteiger partial charge on any atom is -0.481 e. The molecule has 0 amide bonds. The van der Waals surface area contributed by atoms with Crippen LogP contribution in [0.5, 0.6) is 0 Å². The van der Waals surface area contributed by atoms with E-state index in [1.807, 2.05) is 0 Å². The third-order valence-electron chi connectivity index (χ3n) is 3.03. The standard InChI is InChI=1S/C12H24N2O2/c1-9(2)6-14-7-10(3-4-12(15)16)5-11(13)8-14/h9-11H,3-8,13H2,1-2H3,(H,15,16). The maximum absolute atomic E-state index is 10.5. The fraction of sp³-hybridized carbons (Fsp3) is 0.917. The predicted molar refractivity (Wildman–Crippen MR) is 64.2 cm³/mol. The number of aliphatic carboxylic acids is 1. The van der Waals surface area contributed by atoms with Crippen molar-refractivity contribution in [3.63, 3.8) is 0 Å². The van der Waals surface area contributed by atoms with Crippen LogP contribution in [-0.2, 0) is 4.79 Å². The summed E-state index contributed by atoms with van der Waals surface area (Å²) in [5, 5.41) is 8.68. The van der Waals surface area contributed by atoms with Gasteiger partial charge in [0.05, 0.1) is 0 Å². The highest BCUT2D eigenvalue weighted by atomic mass is 16.4. The molecular formula is C12H24N2O2. The summed E-state index contributed by atoms with van der Waals surface area (Å²) in [7, 11) is 0. The van der Waals surface area contributed by atoms with Gasteiger partial charge in [0.1, 0.15) is 0 Å². The van der Waals surface area contributed by atoms with Crippen LogP contribution in [0.15, 0.2) is 0 Å². The molecule has 94 valence electrons. The van der Waals surface area contributed by atoms with Gasteiger partial charge in [0.2, 0.25) is 0 Å². The summed E-state index contributed by atoms with van der Waals surface area (Å²) in [6.07, 6.45) is 2.01. The summed E-state index contributed by atoms with van der Waals surface area (Å²) in [5.41, 5.74) is 6.01. The number of carbonyl (C=O) groups is 1. The Balaban J connectivity index is 2.38. The van der Waals surface area contributed by atoms with Gasteiger partial charge in [0.15, 0.2) is 0 Å². The molecule has 0 spiro atoms. The molecule has 1 fully saturated rings. The highest BCUT2D eigenvalue weighted by Crippen LogP contribution is 2.21. The van der Waals surface area contributed by atoms with Crippen molar-refractivity contribution < 1.29 is 9.90 Å². The number of hydrogen-bond donors (Lipinski definition) is 2. The van der Waals surface area contributed by atoms with E-state index >= 15 is 0 Å². The average Bonchev–Trinajstić information content (AvgIpc) is 2.12. The topological polar surface area (TPSA) is 66.6 Å². The summed E-state index contributed by atoms with van der Waals surface area (Å²) < 4.78 is 0. The summed E-state index contributed by atoms with van der Waals surface area (Å²) in [5.74, 6) is 0.401. The fourth-order valence-electron chi connectivity index (χ4n) is 2.55. The van der Waals surface area contributed by atoms with E-state index in [1.54, 1.807) is 0 Å². The molecule has 0 aromatic carbocycles. The summed E-state index contributed by atoms with van der Waals surface area (Å²) >= 11 is 0. The van der Waals surface area contributed by atoms with Crippen LogP contribution in [0.2, 0.25) is 0 Å². The van der Waals surface area contributed by atoms with E-state index in [2.05, 4.69) is 18.7 Å². The number of carboxylic acids is 1. The quantitative estimate of drug-likeness (QED) is 0.741. The van der Waals surface area contributed by atoms with Gasteiger partial charge >= 0.3 is 5.97 Å². The van der Waals surface area contributed by atoms with Gasteiger partial charge in [-0.3, -0.25) is 4.79 Å². The summed E-state index contributed by atoms with van der Waals surface area (Å²) in [6.45, 7) is 7.44. The van der Waals surface area contributed by atoms with Crippen molar-refractivity contribution in [3.8, 4) is 0 Å². The van der Waals surface area contributed by atoms with E-state index in [9.17, 15) is 4.79 Å². The Kier molecular flexibility index (Phi) is 5.22. The second-order valence-corrected chi connectivity index (χ2v) is 5.41. The molecule has 16 heavy (non-hydrogen) atoms. The summed E-state index contributed by atoms with van der Waals surface area (Å²) in [4.78, 5) is 12.9. The molecule has 0 aromatic rings. The van der Waals surface area contributed by atoms with E-state index in [4.69, 9.17) is 10.8 Å². The Hall–Kier alpha value is -0.610. The van der Waals surface area contributed by atoms with Crippen molar-refractivity contribution >= 4 is 5.97 Å². The first-order valence-electron chi connectivity index (χ1n) is 6.17. The van der Waals surface area contributed by atoms with Crippen LogP contribution in [0.4, 0.5) is 0 Å². The zero-order chi connectivity index (χ0) is 12.1. The van der Waals surface area contributed by atoms with Gasteiger partial charge in [0, 0.05) is 32.1 Å². The lowest BCUT2D eigenvalue weighted by molar-refractivity contribution is -0.137. The first kappa shape index (κ1) is 13.5. The smallest absolute Gasteiger partial charge is 0.303 e. The monoisotopic (exact) mass is 228 g/mol. The zero-order valence-electron chi connectivity index (χ0n) is 10.4. The van der Waals surface area contributed by atoms with Gasteiger partial charge in [0.25, 0.3) is 0 Å². The van der Waals surface area contributed by atoms with Crippen LogP contribution in [0.25, 0.3) is 0 Å². The van der Waals surface area contributed by atoms with Crippen LogP contribution < -0.4 is 5.73 Å². The molecule has 1 heterocycles. The first-order valence-corrected chi connectivity index (χ1v) is 6.17. The Bertz CT molecular complexity index is 229. The van der Waals surface area contributed by atoms with E-state index in [1.165, 1.54) is 0 Å². The maximum Gasteiger partial charge on any atom is 0.303 e. The predicted octanol–water partition coefficient (Wildman–Crippen LogP) is 1.16. The molecule has 0 saturated carbocycles.